The summed E-state index contributed by atoms with van der Waals surface area (Å²) in [5.41, 5.74) is -0.295. The van der Waals surface area contributed by atoms with E-state index in [2.05, 4.69) is 26.1 Å². The number of carbonyl (C=O) groups excluding carboxylic acids is 1. The molecular weight excluding hydrogens is 242 g/mol. The van der Waals surface area contributed by atoms with Crippen LogP contribution in [0.1, 0.15) is 59.3 Å². The summed E-state index contributed by atoms with van der Waals surface area (Å²) in [6.45, 7) is 7.08. The van der Waals surface area contributed by atoms with E-state index < -0.39 is 5.97 Å². The summed E-state index contributed by atoms with van der Waals surface area (Å²) in [6, 6.07) is 0. The minimum atomic E-state index is -0.787. The predicted molar refractivity (Wildman–Crippen MR) is 74.8 cm³/mol. The first-order chi connectivity index (χ1) is 8.84. The van der Waals surface area contributed by atoms with Crippen LogP contribution in [0.4, 0.5) is 0 Å². The zero-order valence-corrected chi connectivity index (χ0v) is 12.4. The molecule has 0 saturated heterocycles. The fourth-order valence-electron chi connectivity index (χ4n) is 2.78. The van der Waals surface area contributed by atoms with E-state index in [0.29, 0.717) is 24.8 Å². The van der Waals surface area contributed by atoms with Gasteiger partial charge in [0.2, 0.25) is 5.91 Å². The Labute approximate surface area is 116 Å². The van der Waals surface area contributed by atoms with E-state index in [0.717, 1.165) is 25.7 Å². The summed E-state index contributed by atoms with van der Waals surface area (Å²) in [5, 5.41) is 12.0. The molecule has 1 atom stereocenters. The van der Waals surface area contributed by atoms with Crippen molar-refractivity contribution in [1.29, 1.82) is 0 Å². The number of rotatable bonds is 7. The Bertz CT molecular complexity index is 319. The zero-order chi connectivity index (χ0) is 14.5. The van der Waals surface area contributed by atoms with E-state index in [1.807, 2.05) is 0 Å². The van der Waals surface area contributed by atoms with Gasteiger partial charge < -0.3 is 10.4 Å². The highest BCUT2D eigenvalue weighted by Crippen LogP contribution is 2.43. The smallest absolute Gasteiger partial charge is 0.303 e. The molecule has 0 aromatic carbocycles. The van der Waals surface area contributed by atoms with Crippen molar-refractivity contribution in [3.63, 3.8) is 0 Å². The first kappa shape index (κ1) is 16.0. The molecule has 2 N–H and O–H groups in total. The van der Waals surface area contributed by atoms with Crippen molar-refractivity contribution in [3.8, 4) is 0 Å². The van der Waals surface area contributed by atoms with Gasteiger partial charge in [-0.15, -0.1) is 0 Å². The molecule has 1 unspecified atom stereocenters. The normalized spacial score (nSPS) is 19.4. The summed E-state index contributed by atoms with van der Waals surface area (Å²) in [6.07, 6.45) is 4.31. The average molecular weight is 269 g/mol. The number of carboxylic acids is 1. The SMILES string of the molecule is CC(C)C(C)CNC(=O)CC1(CC(=O)O)CCCC1. The maximum Gasteiger partial charge on any atom is 0.303 e. The fourth-order valence-corrected chi connectivity index (χ4v) is 2.78. The zero-order valence-electron chi connectivity index (χ0n) is 12.4. The van der Waals surface area contributed by atoms with Crippen molar-refractivity contribution in [3.05, 3.63) is 0 Å². The number of carbonyl (C=O) groups is 2. The highest BCUT2D eigenvalue weighted by Gasteiger charge is 2.37. The molecule has 0 radical (unpaired) electrons. The van der Waals surface area contributed by atoms with Gasteiger partial charge in [0, 0.05) is 13.0 Å². The van der Waals surface area contributed by atoms with Crippen molar-refractivity contribution in [2.24, 2.45) is 17.3 Å². The Balaban J connectivity index is 2.46. The van der Waals surface area contributed by atoms with E-state index in [9.17, 15) is 9.59 Å². The Morgan fingerprint density at radius 2 is 1.74 bits per heavy atom. The molecule has 0 spiro atoms. The molecule has 0 aromatic rings. The summed E-state index contributed by atoms with van der Waals surface area (Å²) < 4.78 is 0. The van der Waals surface area contributed by atoms with E-state index in [-0.39, 0.29) is 17.7 Å². The van der Waals surface area contributed by atoms with E-state index in [1.165, 1.54) is 0 Å². The minimum absolute atomic E-state index is 0.00986. The van der Waals surface area contributed by atoms with E-state index in [4.69, 9.17) is 5.11 Å². The van der Waals surface area contributed by atoms with Crippen LogP contribution in [0, 0.1) is 17.3 Å². The monoisotopic (exact) mass is 269 g/mol. The van der Waals surface area contributed by atoms with Gasteiger partial charge in [0.1, 0.15) is 0 Å². The second kappa shape index (κ2) is 6.92. The van der Waals surface area contributed by atoms with Gasteiger partial charge in [0.25, 0.3) is 0 Å². The molecule has 0 aromatic heterocycles. The number of hydrogen-bond donors (Lipinski definition) is 2. The summed E-state index contributed by atoms with van der Waals surface area (Å²) >= 11 is 0. The van der Waals surface area contributed by atoms with Gasteiger partial charge in [-0.1, -0.05) is 33.6 Å². The Hall–Kier alpha value is -1.06. The van der Waals surface area contributed by atoms with Gasteiger partial charge in [-0.2, -0.15) is 0 Å². The molecule has 1 fully saturated rings. The molecule has 19 heavy (non-hydrogen) atoms. The Morgan fingerprint density at radius 3 is 2.21 bits per heavy atom. The maximum absolute atomic E-state index is 12.0. The highest BCUT2D eigenvalue weighted by molar-refractivity contribution is 5.78. The lowest BCUT2D eigenvalue weighted by Crippen LogP contribution is -2.35. The second-order valence-corrected chi connectivity index (χ2v) is 6.48. The lowest BCUT2D eigenvalue weighted by Gasteiger charge is -2.27. The largest absolute Gasteiger partial charge is 0.481 e. The number of hydrogen-bond acceptors (Lipinski definition) is 2. The van der Waals surface area contributed by atoms with Crippen LogP contribution in [-0.2, 0) is 9.59 Å². The highest BCUT2D eigenvalue weighted by atomic mass is 16.4. The average Bonchev–Trinajstić information content (AvgIpc) is 2.72. The van der Waals surface area contributed by atoms with Crippen molar-refractivity contribution in [2.45, 2.75) is 59.3 Å². The Morgan fingerprint density at radius 1 is 1.16 bits per heavy atom. The molecule has 0 bridgehead atoms. The van der Waals surface area contributed by atoms with Crippen molar-refractivity contribution in [1.82, 2.24) is 5.32 Å². The molecular formula is C15H27NO3. The fraction of sp³-hybridized carbons (Fsp3) is 0.867. The van der Waals surface area contributed by atoms with Crippen molar-refractivity contribution in [2.75, 3.05) is 6.54 Å². The van der Waals surface area contributed by atoms with Gasteiger partial charge in [-0.3, -0.25) is 9.59 Å². The number of aliphatic carboxylic acids is 1. The van der Waals surface area contributed by atoms with Crippen molar-refractivity contribution >= 4 is 11.9 Å². The van der Waals surface area contributed by atoms with E-state index in [1.54, 1.807) is 0 Å². The molecule has 0 heterocycles. The molecule has 1 rings (SSSR count). The third kappa shape index (κ3) is 5.21. The van der Waals surface area contributed by atoms with Crippen LogP contribution in [0.5, 0.6) is 0 Å². The van der Waals surface area contributed by atoms with Crippen LogP contribution in [0.15, 0.2) is 0 Å². The lowest BCUT2D eigenvalue weighted by atomic mass is 9.79. The number of amides is 1. The van der Waals surface area contributed by atoms with Crippen LogP contribution in [0.25, 0.3) is 0 Å². The first-order valence-corrected chi connectivity index (χ1v) is 7.33. The van der Waals surface area contributed by atoms with Gasteiger partial charge in [0.15, 0.2) is 0 Å². The topological polar surface area (TPSA) is 66.4 Å². The van der Waals surface area contributed by atoms with Gasteiger partial charge >= 0.3 is 5.97 Å². The minimum Gasteiger partial charge on any atom is -0.481 e. The molecule has 0 aliphatic heterocycles. The molecule has 1 aliphatic rings. The predicted octanol–water partition coefficient (Wildman–Crippen LogP) is 2.82. The van der Waals surface area contributed by atoms with Crippen LogP contribution < -0.4 is 5.32 Å². The molecule has 4 nitrogen and oxygen atoms in total. The van der Waals surface area contributed by atoms with Crippen LogP contribution in [0.2, 0.25) is 0 Å². The maximum atomic E-state index is 12.0. The van der Waals surface area contributed by atoms with Crippen molar-refractivity contribution < 1.29 is 14.7 Å². The van der Waals surface area contributed by atoms with Gasteiger partial charge in [-0.05, 0) is 30.1 Å². The first-order valence-electron chi connectivity index (χ1n) is 7.33. The van der Waals surface area contributed by atoms with Crippen LogP contribution >= 0.6 is 0 Å². The molecule has 1 saturated carbocycles. The third-order valence-corrected chi connectivity index (χ3v) is 4.49. The molecule has 1 aliphatic carbocycles. The van der Waals surface area contributed by atoms with Gasteiger partial charge in [-0.25, -0.2) is 0 Å². The third-order valence-electron chi connectivity index (χ3n) is 4.49. The number of nitrogens with one attached hydrogen (secondary N) is 1. The quantitative estimate of drug-likeness (QED) is 0.747. The molecule has 1 amide bonds. The van der Waals surface area contributed by atoms with Crippen LogP contribution in [0.3, 0.4) is 0 Å². The van der Waals surface area contributed by atoms with Gasteiger partial charge in [0.05, 0.1) is 6.42 Å². The van der Waals surface area contributed by atoms with Crippen LogP contribution in [-0.4, -0.2) is 23.5 Å². The lowest BCUT2D eigenvalue weighted by molar-refractivity contribution is -0.140. The molecule has 4 heteroatoms. The standard InChI is InChI=1S/C15H27NO3/c1-11(2)12(3)10-16-13(17)8-15(9-14(18)19)6-4-5-7-15/h11-12H,4-10H2,1-3H3,(H,16,17)(H,18,19). The summed E-state index contributed by atoms with van der Waals surface area (Å²) in [5.74, 6) is 0.212. The number of carboxylic acid groups (broad SMARTS) is 1. The molecule has 110 valence electrons. The Kier molecular flexibility index (Phi) is 5.83. The van der Waals surface area contributed by atoms with E-state index >= 15 is 0 Å². The second-order valence-electron chi connectivity index (χ2n) is 6.48. The summed E-state index contributed by atoms with van der Waals surface area (Å²) in [7, 11) is 0. The summed E-state index contributed by atoms with van der Waals surface area (Å²) in [4.78, 5) is 23.0.